The van der Waals surface area contributed by atoms with Crippen LogP contribution in [0, 0.1) is 0 Å². The molecule has 0 amide bonds. The minimum atomic E-state index is 0.0785. The van der Waals surface area contributed by atoms with Gasteiger partial charge in [0.1, 0.15) is 0 Å². The van der Waals surface area contributed by atoms with Gasteiger partial charge in [0.15, 0.2) is 11.5 Å². The van der Waals surface area contributed by atoms with Crippen molar-refractivity contribution < 1.29 is 10.2 Å². The minimum Gasteiger partial charge on any atom is -0.504 e. The van der Waals surface area contributed by atoms with E-state index in [4.69, 9.17) is 0 Å². The summed E-state index contributed by atoms with van der Waals surface area (Å²) in [5.41, 5.74) is 1.74. The van der Waals surface area contributed by atoms with E-state index in [1.54, 1.807) is 0 Å². The highest BCUT2D eigenvalue weighted by Crippen LogP contribution is 2.42. The molecule has 2 N–H and O–H groups in total. The van der Waals surface area contributed by atoms with E-state index in [9.17, 15) is 10.2 Å². The molecule has 2 heterocycles. The SMILES string of the molecule is Oc1c(O)c(CN2CCCC2)c2ccccc2c1CN1CCCC1. The largest absolute Gasteiger partial charge is 0.504 e. The van der Waals surface area contributed by atoms with Gasteiger partial charge in [-0.05, 0) is 62.6 Å². The molecule has 2 aliphatic heterocycles. The first-order valence-electron chi connectivity index (χ1n) is 9.13. The Labute approximate surface area is 143 Å². The van der Waals surface area contributed by atoms with Crippen molar-refractivity contribution in [1.82, 2.24) is 9.80 Å². The molecule has 2 aromatic rings. The molecule has 2 aliphatic rings. The Kier molecular flexibility index (Phi) is 4.33. The molecule has 0 radical (unpaired) electrons. The first-order valence-corrected chi connectivity index (χ1v) is 9.13. The maximum absolute atomic E-state index is 10.7. The number of likely N-dealkylation sites (tertiary alicyclic amines) is 2. The number of hydrogen-bond donors (Lipinski definition) is 2. The van der Waals surface area contributed by atoms with Crippen LogP contribution in [0.2, 0.25) is 0 Å². The summed E-state index contributed by atoms with van der Waals surface area (Å²) in [6, 6.07) is 8.19. The summed E-state index contributed by atoms with van der Waals surface area (Å²) in [5, 5.41) is 23.6. The molecule has 128 valence electrons. The van der Waals surface area contributed by atoms with Crippen molar-refractivity contribution in [3.05, 3.63) is 35.4 Å². The number of rotatable bonds is 4. The zero-order valence-corrected chi connectivity index (χ0v) is 14.2. The fourth-order valence-electron chi connectivity index (χ4n) is 4.20. The Morgan fingerprint density at radius 3 is 1.42 bits per heavy atom. The number of fused-ring (bicyclic) bond motifs is 1. The Balaban J connectivity index is 1.77. The Morgan fingerprint density at radius 1 is 0.667 bits per heavy atom. The van der Waals surface area contributed by atoms with Gasteiger partial charge >= 0.3 is 0 Å². The van der Waals surface area contributed by atoms with Gasteiger partial charge in [0.2, 0.25) is 0 Å². The molecule has 4 heteroatoms. The predicted molar refractivity (Wildman–Crippen MR) is 96.3 cm³/mol. The van der Waals surface area contributed by atoms with Crippen molar-refractivity contribution in [1.29, 1.82) is 0 Å². The third-order valence-corrected chi connectivity index (χ3v) is 5.53. The molecule has 24 heavy (non-hydrogen) atoms. The highest BCUT2D eigenvalue weighted by atomic mass is 16.3. The molecule has 4 nitrogen and oxygen atoms in total. The fourth-order valence-corrected chi connectivity index (χ4v) is 4.20. The van der Waals surface area contributed by atoms with E-state index < -0.39 is 0 Å². The van der Waals surface area contributed by atoms with Gasteiger partial charge in [-0.1, -0.05) is 24.3 Å². The van der Waals surface area contributed by atoms with E-state index in [-0.39, 0.29) is 11.5 Å². The van der Waals surface area contributed by atoms with E-state index >= 15 is 0 Å². The summed E-state index contributed by atoms with van der Waals surface area (Å²) >= 11 is 0. The van der Waals surface area contributed by atoms with Crippen LogP contribution in [0.4, 0.5) is 0 Å². The van der Waals surface area contributed by atoms with E-state index in [1.807, 2.05) is 12.1 Å². The van der Waals surface area contributed by atoms with Crippen LogP contribution in [0.25, 0.3) is 10.8 Å². The average molecular weight is 326 g/mol. The topological polar surface area (TPSA) is 46.9 Å². The summed E-state index contributed by atoms with van der Waals surface area (Å²) in [6.45, 7) is 5.72. The molecule has 2 aromatic carbocycles. The first-order chi connectivity index (χ1) is 11.7. The number of phenolic OH excluding ortho intramolecular Hbond substituents is 2. The zero-order chi connectivity index (χ0) is 16.5. The second-order valence-electron chi connectivity index (χ2n) is 7.17. The molecule has 2 saturated heterocycles. The first kappa shape index (κ1) is 15.7. The van der Waals surface area contributed by atoms with Crippen LogP contribution >= 0.6 is 0 Å². The molecule has 0 saturated carbocycles. The van der Waals surface area contributed by atoms with Gasteiger partial charge in [-0.3, -0.25) is 9.80 Å². The monoisotopic (exact) mass is 326 g/mol. The molecule has 0 spiro atoms. The Hall–Kier alpha value is -1.78. The van der Waals surface area contributed by atoms with Crippen LogP contribution in [0.15, 0.2) is 24.3 Å². The van der Waals surface area contributed by atoms with Gasteiger partial charge in [-0.15, -0.1) is 0 Å². The van der Waals surface area contributed by atoms with Crippen LogP contribution in [0.1, 0.15) is 36.8 Å². The maximum Gasteiger partial charge on any atom is 0.162 e. The van der Waals surface area contributed by atoms with Crippen LogP contribution in [-0.2, 0) is 13.1 Å². The second kappa shape index (κ2) is 6.61. The third-order valence-electron chi connectivity index (χ3n) is 5.53. The predicted octanol–water partition coefficient (Wildman–Crippen LogP) is 3.44. The molecule has 2 fully saturated rings. The summed E-state index contributed by atoms with van der Waals surface area (Å²) in [7, 11) is 0. The molecule has 4 rings (SSSR count). The minimum absolute atomic E-state index is 0.0785. The third kappa shape index (κ3) is 2.85. The van der Waals surface area contributed by atoms with Crippen LogP contribution in [-0.4, -0.2) is 46.2 Å². The van der Waals surface area contributed by atoms with Crippen molar-refractivity contribution in [2.75, 3.05) is 26.2 Å². The lowest BCUT2D eigenvalue weighted by Gasteiger charge is -2.22. The summed E-state index contributed by atoms with van der Waals surface area (Å²) in [4.78, 5) is 4.72. The smallest absolute Gasteiger partial charge is 0.162 e. The quantitative estimate of drug-likeness (QED) is 0.845. The molecule has 0 aliphatic carbocycles. The lowest BCUT2D eigenvalue weighted by atomic mass is 9.96. The number of hydrogen-bond acceptors (Lipinski definition) is 4. The van der Waals surface area contributed by atoms with Gasteiger partial charge in [0, 0.05) is 24.2 Å². The summed E-state index contributed by atoms with van der Waals surface area (Å²) < 4.78 is 0. The molecule has 0 unspecified atom stereocenters. The van der Waals surface area contributed by atoms with E-state index in [0.29, 0.717) is 13.1 Å². The van der Waals surface area contributed by atoms with Crippen molar-refractivity contribution in [2.45, 2.75) is 38.8 Å². The number of nitrogens with zero attached hydrogens (tertiary/aromatic N) is 2. The number of benzene rings is 2. The van der Waals surface area contributed by atoms with Gasteiger partial charge in [-0.2, -0.15) is 0 Å². The van der Waals surface area contributed by atoms with Crippen molar-refractivity contribution in [3.8, 4) is 11.5 Å². The van der Waals surface area contributed by atoms with Gasteiger partial charge in [0.05, 0.1) is 0 Å². The molecule has 0 atom stereocenters. The fraction of sp³-hybridized carbons (Fsp3) is 0.500. The van der Waals surface area contributed by atoms with Crippen LogP contribution in [0.5, 0.6) is 11.5 Å². The lowest BCUT2D eigenvalue weighted by Crippen LogP contribution is -2.20. The van der Waals surface area contributed by atoms with Crippen molar-refractivity contribution >= 4 is 10.8 Å². The zero-order valence-electron chi connectivity index (χ0n) is 14.2. The highest BCUT2D eigenvalue weighted by molar-refractivity contribution is 5.93. The molecular weight excluding hydrogens is 300 g/mol. The molecular formula is C20H26N2O2. The average Bonchev–Trinajstić information content (AvgIpc) is 3.29. The van der Waals surface area contributed by atoms with Crippen molar-refractivity contribution in [3.63, 3.8) is 0 Å². The van der Waals surface area contributed by atoms with Crippen LogP contribution < -0.4 is 0 Å². The summed E-state index contributed by atoms with van der Waals surface area (Å²) in [5.74, 6) is 0.157. The summed E-state index contributed by atoms with van der Waals surface area (Å²) in [6.07, 6.45) is 4.88. The second-order valence-corrected chi connectivity index (χ2v) is 7.17. The standard InChI is InChI=1S/C20H26N2O2/c23-19-17(13-21-9-3-4-10-21)15-7-1-2-8-16(15)18(20(19)24)14-22-11-5-6-12-22/h1-2,7-8,23-24H,3-6,9-14H2. The molecule has 0 bridgehead atoms. The van der Waals surface area contributed by atoms with Gasteiger partial charge in [-0.25, -0.2) is 0 Å². The lowest BCUT2D eigenvalue weighted by molar-refractivity contribution is 0.313. The molecule has 0 aromatic heterocycles. The van der Waals surface area contributed by atoms with E-state index in [0.717, 1.165) is 48.1 Å². The Morgan fingerprint density at radius 2 is 1.04 bits per heavy atom. The Bertz CT molecular complexity index is 669. The normalized spacial score (nSPS) is 19.5. The van der Waals surface area contributed by atoms with Crippen molar-refractivity contribution in [2.24, 2.45) is 0 Å². The van der Waals surface area contributed by atoms with Gasteiger partial charge < -0.3 is 10.2 Å². The number of phenols is 2. The highest BCUT2D eigenvalue weighted by Gasteiger charge is 2.23. The van der Waals surface area contributed by atoms with Gasteiger partial charge in [0.25, 0.3) is 0 Å². The maximum atomic E-state index is 10.7. The van der Waals surface area contributed by atoms with E-state index in [2.05, 4.69) is 21.9 Å². The van der Waals surface area contributed by atoms with E-state index in [1.165, 1.54) is 25.7 Å². The number of aromatic hydroxyl groups is 2. The van der Waals surface area contributed by atoms with Crippen LogP contribution in [0.3, 0.4) is 0 Å².